The first-order valence-electron chi connectivity index (χ1n) is 6.89. The van der Waals surface area contributed by atoms with Crippen LogP contribution in [0.1, 0.15) is 21.9 Å². The summed E-state index contributed by atoms with van der Waals surface area (Å²) in [6.45, 7) is 2.18. The molecule has 110 valence electrons. The monoisotopic (exact) mass is 293 g/mol. The summed E-state index contributed by atoms with van der Waals surface area (Å²) in [5.41, 5.74) is 1.37. The van der Waals surface area contributed by atoms with E-state index in [-0.39, 0.29) is 5.91 Å². The molecule has 0 aliphatic heterocycles. The quantitative estimate of drug-likeness (QED) is 0.801. The zero-order valence-electron chi connectivity index (χ0n) is 12.1. The lowest BCUT2D eigenvalue weighted by Gasteiger charge is -2.20. The minimum Gasteiger partial charge on any atom is -0.285 e. The summed E-state index contributed by atoms with van der Waals surface area (Å²) in [6, 6.07) is 13.1. The van der Waals surface area contributed by atoms with Crippen LogP contribution < -0.4 is 4.90 Å². The molecule has 0 spiro atoms. The third-order valence-corrected chi connectivity index (χ3v) is 3.19. The van der Waals surface area contributed by atoms with E-state index in [0.29, 0.717) is 23.9 Å². The van der Waals surface area contributed by atoms with Gasteiger partial charge in [0.25, 0.3) is 5.91 Å². The number of hydrogen-bond donors (Lipinski definition) is 1. The van der Waals surface area contributed by atoms with Crippen LogP contribution in [0.4, 0.5) is 5.82 Å². The van der Waals surface area contributed by atoms with Crippen LogP contribution in [0.5, 0.6) is 0 Å². The van der Waals surface area contributed by atoms with Gasteiger partial charge in [0.2, 0.25) is 0 Å². The van der Waals surface area contributed by atoms with Crippen molar-refractivity contribution in [3.05, 3.63) is 71.9 Å². The van der Waals surface area contributed by atoms with E-state index in [1.54, 1.807) is 36.4 Å². The van der Waals surface area contributed by atoms with Gasteiger partial charge in [0, 0.05) is 18.5 Å². The first-order chi connectivity index (χ1) is 10.7. The molecular formula is C16H15N5O. The maximum absolute atomic E-state index is 12.8. The van der Waals surface area contributed by atoms with Gasteiger partial charge < -0.3 is 0 Å². The number of carbonyl (C=O) groups is 1. The zero-order chi connectivity index (χ0) is 15.4. The van der Waals surface area contributed by atoms with Crippen LogP contribution in [0.3, 0.4) is 0 Å². The minimum atomic E-state index is -0.207. The SMILES string of the molecule is Cc1nccc(C(=O)N(Cc2ccccc2)c2cc[nH]n2)n1. The van der Waals surface area contributed by atoms with Crippen LogP contribution in [0.15, 0.2) is 54.9 Å². The van der Waals surface area contributed by atoms with Gasteiger partial charge in [-0.15, -0.1) is 0 Å². The van der Waals surface area contributed by atoms with E-state index in [1.807, 2.05) is 30.3 Å². The first-order valence-corrected chi connectivity index (χ1v) is 6.89. The lowest BCUT2D eigenvalue weighted by Crippen LogP contribution is -2.31. The van der Waals surface area contributed by atoms with Crippen molar-refractivity contribution in [1.29, 1.82) is 0 Å². The van der Waals surface area contributed by atoms with Gasteiger partial charge in [-0.1, -0.05) is 30.3 Å². The number of benzene rings is 1. The molecule has 3 rings (SSSR count). The number of nitrogens with zero attached hydrogens (tertiary/aromatic N) is 4. The van der Waals surface area contributed by atoms with Crippen LogP contribution in [0, 0.1) is 6.92 Å². The Balaban J connectivity index is 1.93. The second kappa shape index (κ2) is 6.17. The Morgan fingerprint density at radius 3 is 2.68 bits per heavy atom. The first kappa shape index (κ1) is 13.9. The number of rotatable bonds is 4. The summed E-state index contributed by atoms with van der Waals surface area (Å²) in [7, 11) is 0. The molecule has 6 nitrogen and oxygen atoms in total. The summed E-state index contributed by atoms with van der Waals surface area (Å²) in [6.07, 6.45) is 3.27. The molecule has 22 heavy (non-hydrogen) atoms. The second-order valence-electron chi connectivity index (χ2n) is 4.80. The lowest BCUT2D eigenvalue weighted by molar-refractivity contribution is 0.0979. The Morgan fingerprint density at radius 2 is 2.00 bits per heavy atom. The predicted molar refractivity (Wildman–Crippen MR) is 82.3 cm³/mol. The Kier molecular flexibility index (Phi) is 3.91. The van der Waals surface area contributed by atoms with Crippen LogP contribution in [-0.2, 0) is 6.54 Å². The molecule has 1 aromatic carbocycles. The molecule has 2 heterocycles. The van der Waals surface area contributed by atoms with Crippen LogP contribution >= 0.6 is 0 Å². The summed E-state index contributed by atoms with van der Waals surface area (Å²) in [4.78, 5) is 22.6. The Bertz CT molecular complexity index is 755. The fourth-order valence-corrected chi connectivity index (χ4v) is 2.14. The third kappa shape index (κ3) is 3.01. The van der Waals surface area contributed by atoms with E-state index < -0.39 is 0 Å². The van der Waals surface area contributed by atoms with Gasteiger partial charge in [0.05, 0.1) is 6.54 Å². The Morgan fingerprint density at radius 1 is 1.18 bits per heavy atom. The zero-order valence-corrected chi connectivity index (χ0v) is 12.1. The van der Waals surface area contributed by atoms with E-state index in [9.17, 15) is 4.79 Å². The maximum Gasteiger partial charge on any atom is 0.278 e. The van der Waals surface area contributed by atoms with Crippen LogP contribution in [0.2, 0.25) is 0 Å². The summed E-state index contributed by atoms with van der Waals surface area (Å²) in [5, 5.41) is 6.86. The van der Waals surface area contributed by atoms with E-state index in [0.717, 1.165) is 5.56 Å². The van der Waals surface area contributed by atoms with Gasteiger partial charge in [0.1, 0.15) is 11.5 Å². The van der Waals surface area contributed by atoms with Gasteiger partial charge in [-0.2, -0.15) is 5.10 Å². The highest BCUT2D eigenvalue weighted by Gasteiger charge is 2.21. The van der Waals surface area contributed by atoms with Gasteiger partial charge in [-0.25, -0.2) is 9.97 Å². The molecular weight excluding hydrogens is 278 g/mol. The molecule has 0 atom stereocenters. The Hall–Kier alpha value is -3.02. The fourth-order valence-electron chi connectivity index (χ4n) is 2.14. The van der Waals surface area contributed by atoms with E-state index in [1.165, 1.54) is 0 Å². The maximum atomic E-state index is 12.8. The van der Waals surface area contributed by atoms with Crippen molar-refractivity contribution in [2.24, 2.45) is 0 Å². The molecule has 0 aliphatic rings. The van der Waals surface area contributed by atoms with Crippen LogP contribution in [-0.4, -0.2) is 26.1 Å². The molecule has 0 aliphatic carbocycles. The molecule has 1 amide bonds. The average molecular weight is 293 g/mol. The molecule has 2 aromatic heterocycles. The average Bonchev–Trinajstić information content (AvgIpc) is 3.07. The smallest absolute Gasteiger partial charge is 0.278 e. The van der Waals surface area contributed by atoms with Crippen molar-refractivity contribution in [1.82, 2.24) is 20.2 Å². The highest BCUT2D eigenvalue weighted by Crippen LogP contribution is 2.16. The third-order valence-electron chi connectivity index (χ3n) is 3.19. The normalized spacial score (nSPS) is 10.4. The number of aromatic nitrogens is 4. The largest absolute Gasteiger partial charge is 0.285 e. The number of aromatic amines is 1. The molecule has 0 saturated carbocycles. The van der Waals surface area contributed by atoms with Crippen LogP contribution in [0.25, 0.3) is 0 Å². The molecule has 0 fully saturated rings. The number of H-pyrrole nitrogens is 1. The topological polar surface area (TPSA) is 74.8 Å². The molecule has 6 heteroatoms. The standard InChI is InChI=1S/C16H15N5O/c1-12-17-9-7-14(19-12)16(22)21(15-8-10-18-20-15)11-13-5-3-2-4-6-13/h2-10H,11H2,1H3,(H,18,20). The van der Waals surface area contributed by atoms with E-state index >= 15 is 0 Å². The fraction of sp³-hybridized carbons (Fsp3) is 0.125. The van der Waals surface area contributed by atoms with Crippen molar-refractivity contribution in [3.63, 3.8) is 0 Å². The van der Waals surface area contributed by atoms with Gasteiger partial charge in [-0.3, -0.25) is 14.8 Å². The molecule has 0 saturated heterocycles. The van der Waals surface area contributed by atoms with E-state index in [4.69, 9.17) is 0 Å². The van der Waals surface area contributed by atoms with Crippen molar-refractivity contribution in [3.8, 4) is 0 Å². The van der Waals surface area contributed by atoms with Gasteiger partial charge >= 0.3 is 0 Å². The summed E-state index contributed by atoms with van der Waals surface area (Å²) < 4.78 is 0. The van der Waals surface area contributed by atoms with Crippen molar-refractivity contribution in [2.75, 3.05) is 4.90 Å². The molecule has 0 unspecified atom stereocenters. The van der Waals surface area contributed by atoms with Gasteiger partial charge in [-0.05, 0) is 18.6 Å². The number of aryl methyl sites for hydroxylation is 1. The molecule has 0 radical (unpaired) electrons. The Labute approximate surface area is 127 Å². The number of amides is 1. The summed E-state index contributed by atoms with van der Waals surface area (Å²) in [5.74, 6) is 0.916. The molecule has 0 bridgehead atoms. The van der Waals surface area contributed by atoms with Crippen molar-refractivity contribution in [2.45, 2.75) is 13.5 Å². The number of anilines is 1. The predicted octanol–water partition coefficient (Wildman–Crippen LogP) is 2.36. The highest BCUT2D eigenvalue weighted by molar-refractivity contribution is 6.04. The summed E-state index contributed by atoms with van der Waals surface area (Å²) >= 11 is 0. The lowest BCUT2D eigenvalue weighted by atomic mass is 10.2. The second-order valence-corrected chi connectivity index (χ2v) is 4.80. The number of hydrogen-bond acceptors (Lipinski definition) is 4. The van der Waals surface area contributed by atoms with Crippen molar-refractivity contribution >= 4 is 11.7 Å². The minimum absolute atomic E-state index is 0.207. The number of carbonyl (C=O) groups excluding carboxylic acids is 1. The van der Waals surface area contributed by atoms with Gasteiger partial charge in [0.15, 0.2) is 5.82 Å². The molecule has 1 N–H and O–H groups in total. The van der Waals surface area contributed by atoms with Crippen molar-refractivity contribution < 1.29 is 4.79 Å². The highest BCUT2D eigenvalue weighted by atomic mass is 16.2. The number of nitrogens with one attached hydrogen (secondary N) is 1. The molecule has 3 aromatic rings. The van der Waals surface area contributed by atoms with E-state index in [2.05, 4.69) is 20.2 Å².